The molecule has 0 radical (unpaired) electrons. The number of rotatable bonds is 3. The van der Waals surface area contributed by atoms with Crippen molar-refractivity contribution >= 4 is 17.6 Å². The number of nitrogens with one attached hydrogen (secondary N) is 1. The lowest BCUT2D eigenvalue weighted by Gasteiger charge is -2.40. The molecule has 3 amide bonds. The summed E-state index contributed by atoms with van der Waals surface area (Å²) in [7, 11) is 2.09. The Morgan fingerprint density at radius 1 is 1.07 bits per heavy atom. The number of benzene rings is 2. The van der Waals surface area contributed by atoms with Crippen LogP contribution >= 0.6 is 0 Å². The maximum Gasteiger partial charge on any atom is 0.322 e. The summed E-state index contributed by atoms with van der Waals surface area (Å²) in [6.45, 7) is 5.56. The van der Waals surface area contributed by atoms with Gasteiger partial charge in [-0.1, -0.05) is 36.4 Å². The van der Waals surface area contributed by atoms with Gasteiger partial charge in [0.05, 0.1) is 6.04 Å². The van der Waals surface area contributed by atoms with E-state index in [9.17, 15) is 9.59 Å². The van der Waals surface area contributed by atoms with Gasteiger partial charge in [-0.3, -0.25) is 9.69 Å². The largest absolute Gasteiger partial charge is 0.336 e. The zero-order valence-electron chi connectivity index (χ0n) is 16.4. The van der Waals surface area contributed by atoms with Gasteiger partial charge in [0.15, 0.2) is 0 Å². The minimum atomic E-state index is -0.102. The molecule has 2 fully saturated rings. The monoisotopic (exact) mass is 378 g/mol. The molecule has 28 heavy (non-hydrogen) atoms. The van der Waals surface area contributed by atoms with Crippen molar-refractivity contribution in [3.05, 3.63) is 65.2 Å². The summed E-state index contributed by atoms with van der Waals surface area (Å²) in [5.74, 6) is 0.0165. The predicted octanol–water partition coefficient (Wildman–Crippen LogP) is 2.65. The summed E-state index contributed by atoms with van der Waals surface area (Å²) in [5.41, 5.74) is 3.58. The minimum absolute atomic E-state index is 0.0165. The van der Waals surface area contributed by atoms with Gasteiger partial charge in [0.2, 0.25) is 0 Å². The Labute approximate surface area is 165 Å². The molecular weight excluding hydrogens is 352 g/mol. The maximum absolute atomic E-state index is 13.4. The standard InChI is InChI=1S/C22H26N4O2/c1-16-8-9-18(14-19(16)26-11-10-23-22(26)28)21(27)25-13-12-24(2)15-20(25)17-6-4-3-5-7-17/h3-9,14,20H,10-13,15H2,1-2H3,(H,23,28)/t20-/m1/s1. The summed E-state index contributed by atoms with van der Waals surface area (Å²) in [5, 5.41) is 2.83. The van der Waals surface area contributed by atoms with Gasteiger partial charge in [-0.15, -0.1) is 0 Å². The van der Waals surface area contributed by atoms with Crippen LogP contribution in [-0.2, 0) is 0 Å². The molecule has 2 aromatic rings. The van der Waals surface area contributed by atoms with Gasteiger partial charge in [0.1, 0.15) is 0 Å². The van der Waals surface area contributed by atoms with E-state index in [1.54, 1.807) is 4.90 Å². The predicted molar refractivity (Wildman–Crippen MR) is 110 cm³/mol. The normalized spacial score (nSPS) is 20.4. The van der Waals surface area contributed by atoms with Gasteiger partial charge >= 0.3 is 6.03 Å². The number of aryl methyl sites for hydroxylation is 1. The molecule has 1 atom stereocenters. The van der Waals surface area contributed by atoms with E-state index in [2.05, 4.69) is 29.4 Å². The van der Waals surface area contributed by atoms with Crippen LogP contribution in [0.3, 0.4) is 0 Å². The molecule has 0 saturated carbocycles. The van der Waals surface area contributed by atoms with Crippen LogP contribution < -0.4 is 10.2 Å². The average Bonchev–Trinajstić information content (AvgIpc) is 3.14. The van der Waals surface area contributed by atoms with E-state index < -0.39 is 0 Å². The zero-order chi connectivity index (χ0) is 19.7. The quantitative estimate of drug-likeness (QED) is 0.893. The van der Waals surface area contributed by atoms with Crippen molar-refractivity contribution in [3.8, 4) is 0 Å². The van der Waals surface area contributed by atoms with Gasteiger partial charge in [0.25, 0.3) is 5.91 Å². The smallest absolute Gasteiger partial charge is 0.322 e. The van der Waals surface area contributed by atoms with Crippen molar-refractivity contribution < 1.29 is 9.59 Å². The summed E-state index contributed by atoms with van der Waals surface area (Å²) in [6.07, 6.45) is 0. The number of hydrogen-bond donors (Lipinski definition) is 1. The molecule has 0 unspecified atom stereocenters. The Bertz CT molecular complexity index is 883. The lowest BCUT2D eigenvalue weighted by Crippen LogP contribution is -2.49. The fourth-order valence-corrected chi connectivity index (χ4v) is 4.02. The number of urea groups is 1. The first-order chi connectivity index (χ1) is 13.5. The first kappa shape index (κ1) is 18.5. The van der Waals surface area contributed by atoms with Crippen LogP contribution in [0, 0.1) is 6.92 Å². The number of anilines is 1. The highest BCUT2D eigenvalue weighted by atomic mass is 16.2. The molecule has 0 spiro atoms. The number of carbonyl (C=O) groups is 2. The van der Waals surface area contributed by atoms with Crippen molar-refractivity contribution in [2.45, 2.75) is 13.0 Å². The molecule has 0 aliphatic carbocycles. The Hall–Kier alpha value is -2.86. The highest BCUT2D eigenvalue weighted by molar-refractivity contribution is 5.99. The molecule has 4 rings (SSSR count). The Kier molecular flexibility index (Phi) is 5.05. The first-order valence-electron chi connectivity index (χ1n) is 9.75. The summed E-state index contributed by atoms with van der Waals surface area (Å²) < 4.78 is 0. The number of hydrogen-bond acceptors (Lipinski definition) is 3. The lowest BCUT2D eigenvalue weighted by atomic mass is 10.0. The van der Waals surface area contributed by atoms with Crippen molar-refractivity contribution in [1.29, 1.82) is 0 Å². The summed E-state index contributed by atoms with van der Waals surface area (Å²) in [6, 6.07) is 15.8. The van der Waals surface area contributed by atoms with E-state index >= 15 is 0 Å². The van der Waals surface area contributed by atoms with Gasteiger partial charge in [-0.05, 0) is 37.2 Å². The Morgan fingerprint density at radius 2 is 1.86 bits per heavy atom. The van der Waals surface area contributed by atoms with Gasteiger partial charge in [-0.2, -0.15) is 0 Å². The molecule has 2 aliphatic rings. The van der Waals surface area contributed by atoms with E-state index in [0.29, 0.717) is 25.2 Å². The van der Waals surface area contributed by atoms with E-state index in [-0.39, 0.29) is 18.0 Å². The Balaban J connectivity index is 1.65. The first-order valence-corrected chi connectivity index (χ1v) is 9.75. The summed E-state index contributed by atoms with van der Waals surface area (Å²) >= 11 is 0. The number of amides is 3. The molecule has 146 valence electrons. The second kappa shape index (κ2) is 7.64. The van der Waals surface area contributed by atoms with E-state index in [4.69, 9.17) is 0 Å². The fourth-order valence-electron chi connectivity index (χ4n) is 4.02. The van der Waals surface area contributed by atoms with Crippen LogP contribution in [0.25, 0.3) is 0 Å². The minimum Gasteiger partial charge on any atom is -0.336 e. The molecular formula is C22H26N4O2. The van der Waals surface area contributed by atoms with Crippen LogP contribution in [0.2, 0.25) is 0 Å². The van der Waals surface area contributed by atoms with Crippen molar-refractivity contribution in [2.75, 3.05) is 44.7 Å². The molecule has 2 aliphatic heterocycles. The third-order valence-corrected chi connectivity index (χ3v) is 5.63. The third-order valence-electron chi connectivity index (χ3n) is 5.63. The number of carbonyl (C=O) groups excluding carboxylic acids is 2. The third kappa shape index (κ3) is 3.47. The van der Waals surface area contributed by atoms with Crippen molar-refractivity contribution in [1.82, 2.24) is 15.1 Å². The zero-order valence-corrected chi connectivity index (χ0v) is 16.4. The fraction of sp³-hybridized carbons (Fsp3) is 0.364. The van der Waals surface area contributed by atoms with Crippen LogP contribution in [-0.4, -0.2) is 61.5 Å². The van der Waals surface area contributed by atoms with E-state index in [1.807, 2.05) is 48.2 Å². The molecule has 1 N–H and O–H groups in total. The van der Waals surface area contributed by atoms with Gasteiger partial charge < -0.3 is 15.1 Å². The number of nitrogens with zero attached hydrogens (tertiary/aromatic N) is 3. The molecule has 2 heterocycles. The van der Waals surface area contributed by atoms with E-state index in [0.717, 1.165) is 29.9 Å². The molecule has 2 saturated heterocycles. The van der Waals surface area contributed by atoms with Gasteiger partial charge in [-0.25, -0.2) is 4.79 Å². The van der Waals surface area contributed by atoms with Crippen LogP contribution in [0.1, 0.15) is 27.5 Å². The molecule has 6 heteroatoms. The molecule has 0 bridgehead atoms. The number of piperazine rings is 1. The maximum atomic E-state index is 13.4. The lowest BCUT2D eigenvalue weighted by molar-refractivity contribution is 0.0498. The van der Waals surface area contributed by atoms with Gasteiger partial charge in [0, 0.05) is 44.0 Å². The SMILES string of the molecule is Cc1ccc(C(=O)N2CCN(C)C[C@@H]2c2ccccc2)cc1N1CCNC1=O. The second-order valence-electron chi connectivity index (χ2n) is 7.57. The van der Waals surface area contributed by atoms with Crippen LogP contribution in [0.4, 0.5) is 10.5 Å². The number of likely N-dealkylation sites (N-methyl/N-ethyl adjacent to an activating group) is 1. The van der Waals surface area contributed by atoms with Crippen molar-refractivity contribution in [2.24, 2.45) is 0 Å². The highest BCUT2D eigenvalue weighted by Crippen LogP contribution is 2.29. The van der Waals surface area contributed by atoms with Crippen LogP contribution in [0.15, 0.2) is 48.5 Å². The molecule has 6 nitrogen and oxygen atoms in total. The molecule has 0 aromatic heterocycles. The Morgan fingerprint density at radius 3 is 2.57 bits per heavy atom. The van der Waals surface area contributed by atoms with Crippen molar-refractivity contribution in [3.63, 3.8) is 0 Å². The average molecular weight is 378 g/mol. The molecule has 2 aromatic carbocycles. The van der Waals surface area contributed by atoms with Crippen LogP contribution in [0.5, 0.6) is 0 Å². The topological polar surface area (TPSA) is 55.9 Å². The summed E-state index contributed by atoms with van der Waals surface area (Å²) in [4.78, 5) is 31.5. The highest BCUT2D eigenvalue weighted by Gasteiger charge is 2.31. The second-order valence-corrected chi connectivity index (χ2v) is 7.57. The van der Waals surface area contributed by atoms with E-state index in [1.165, 1.54) is 0 Å².